The van der Waals surface area contributed by atoms with Gasteiger partial charge >= 0.3 is 0 Å². The Morgan fingerprint density at radius 2 is 2.11 bits per heavy atom. The lowest BCUT2D eigenvalue weighted by Crippen LogP contribution is -2.30. The predicted molar refractivity (Wildman–Crippen MR) is 67.0 cm³/mol. The molecule has 1 saturated heterocycles. The summed E-state index contributed by atoms with van der Waals surface area (Å²) in [7, 11) is -3.12. The fourth-order valence-electron chi connectivity index (χ4n) is 2.01. The number of aromatic nitrogens is 2. The molecule has 0 aliphatic carbocycles. The number of hydrogen-bond acceptors (Lipinski definition) is 5. The zero-order valence-corrected chi connectivity index (χ0v) is 11.6. The van der Waals surface area contributed by atoms with E-state index in [0.29, 0.717) is 31.2 Å². The molecule has 0 amide bonds. The largest absolute Gasteiger partial charge is 0.473 e. The summed E-state index contributed by atoms with van der Waals surface area (Å²) in [5, 5.41) is 0. The SMILES string of the molecule is Cc1cc(OC2CCN(S(C)(=O)=O)C2)nc(C)n1. The van der Waals surface area contributed by atoms with Gasteiger partial charge in [0.2, 0.25) is 15.9 Å². The second-order valence-electron chi connectivity index (χ2n) is 4.54. The smallest absolute Gasteiger partial charge is 0.217 e. The van der Waals surface area contributed by atoms with E-state index >= 15 is 0 Å². The van der Waals surface area contributed by atoms with Gasteiger partial charge in [0.25, 0.3) is 0 Å². The van der Waals surface area contributed by atoms with Gasteiger partial charge in [-0.2, -0.15) is 9.29 Å². The van der Waals surface area contributed by atoms with Crippen LogP contribution in [0.15, 0.2) is 6.07 Å². The molecule has 6 nitrogen and oxygen atoms in total. The first kappa shape index (κ1) is 13.2. The van der Waals surface area contributed by atoms with Gasteiger partial charge in [-0.05, 0) is 20.3 Å². The maximum atomic E-state index is 11.4. The molecule has 0 saturated carbocycles. The van der Waals surface area contributed by atoms with Crippen LogP contribution in [0.25, 0.3) is 0 Å². The summed E-state index contributed by atoms with van der Waals surface area (Å²) >= 11 is 0. The van der Waals surface area contributed by atoms with Gasteiger partial charge in [-0.1, -0.05) is 0 Å². The van der Waals surface area contributed by atoms with Crippen molar-refractivity contribution in [2.24, 2.45) is 0 Å². The summed E-state index contributed by atoms with van der Waals surface area (Å²) < 4.78 is 29.9. The normalized spacial score (nSPS) is 21.2. The Morgan fingerprint density at radius 1 is 1.39 bits per heavy atom. The van der Waals surface area contributed by atoms with E-state index in [2.05, 4.69) is 9.97 Å². The lowest BCUT2D eigenvalue weighted by Gasteiger charge is -2.14. The molecule has 0 N–H and O–H groups in total. The van der Waals surface area contributed by atoms with E-state index in [1.165, 1.54) is 10.6 Å². The summed E-state index contributed by atoms with van der Waals surface area (Å²) in [6, 6.07) is 1.76. The molecule has 100 valence electrons. The van der Waals surface area contributed by atoms with E-state index in [9.17, 15) is 8.42 Å². The highest BCUT2D eigenvalue weighted by Crippen LogP contribution is 2.18. The Hall–Kier alpha value is -1.21. The van der Waals surface area contributed by atoms with Crippen LogP contribution in [0.5, 0.6) is 5.88 Å². The van der Waals surface area contributed by atoms with Crippen LogP contribution in [0.3, 0.4) is 0 Å². The minimum absolute atomic E-state index is 0.131. The summed E-state index contributed by atoms with van der Waals surface area (Å²) in [6.07, 6.45) is 1.78. The Bertz CT molecular complexity index is 524. The van der Waals surface area contributed by atoms with Gasteiger partial charge < -0.3 is 4.74 Å². The first-order chi connectivity index (χ1) is 8.34. The van der Waals surface area contributed by atoms with Crippen molar-refractivity contribution in [2.75, 3.05) is 19.3 Å². The van der Waals surface area contributed by atoms with Gasteiger partial charge in [-0.25, -0.2) is 13.4 Å². The van der Waals surface area contributed by atoms with Gasteiger partial charge in [0.15, 0.2) is 0 Å². The van der Waals surface area contributed by atoms with E-state index in [0.717, 1.165) is 5.69 Å². The highest BCUT2D eigenvalue weighted by Gasteiger charge is 2.30. The average Bonchev–Trinajstić information content (AvgIpc) is 2.63. The van der Waals surface area contributed by atoms with E-state index in [1.54, 1.807) is 13.0 Å². The van der Waals surface area contributed by atoms with Gasteiger partial charge in [-0.15, -0.1) is 0 Å². The molecule has 0 spiro atoms. The average molecular weight is 271 g/mol. The predicted octanol–water partition coefficient (Wildman–Crippen LogP) is 0.506. The van der Waals surface area contributed by atoms with Crippen molar-refractivity contribution in [3.63, 3.8) is 0 Å². The van der Waals surface area contributed by atoms with Gasteiger partial charge in [0.05, 0.1) is 12.8 Å². The number of hydrogen-bond donors (Lipinski definition) is 0. The fraction of sp³-hybridized carbons (Fsp3) is 0.636. The molecular weight excluding hydrogens is 254 g/mol. The zero-order valence-electron chi connectivity index (χ0n) is 10.8. The monoisotopic (exact) mass is 271 g/mol. The first-order valence-corrected chi connectivity index (χ1v) is 7.63. The van der Waals surface area contributed by atoms with E-state index in [-0.39, 0.29) is 6.10 Å². The number of nitrogens with zero attached hydrogens (tertiary/aromatic N) is 3. The second kappa shape index (κ2) is 4.81. The summed E-state index contributed by atoms with van der Waals surface area (Å²) in [5.74, 6) is 1.17. The minimum atomic E-state index is -3.12. The third-order valence-electron chi connectivity index (χ3n) is 2.81. The molecular formula is C11H17N3O3S. The molecule has 0 radical (unpaired) electrons. The van der Waals surface area contributed by atoms with Crippen molar-refractivity contribution in [1.29, 1.82) is 0 Å². The third-order valence-corrected chi connectivity index (χ3v) is 4.08. The highest BCUT2D eigenvalue weighted by atomic mass is 32.2. The van der Waals surface area contributed by atoms with Crippen LogP contribution in [-0.2, 0) is 10.0 Å². The van der Waals surface area contributed by atoms with E-state index < -0.39 is 10.0 Å². The Labute approximate surface area is 107 Å². The molecule has 1 fully saturated rings. The first-order valence-electron chi connectivity index (χ1n) is 5.78. The molecule has 1 aliphatic rings. The molecule has 1 atom stereocenters. The van der Waals surface area contributed by atoms with Crippen LogP contribution in [-0.4, -0.2) is 48.1 Å². The lowest BCUT2D eigenvalue weighted by molar-refractivity contribution is 0.206. The zero-order chi connectivity index (χ0) is 13.3. The van der Waals surface area contributed by atoms with Crippen molar-refractivity contribution < 1.29 is 13.2 Å². The standard InChI is InChI=1S/C11H17N3O3S/c1-8-6-11(13-9(2)12-8)17-10-4-5-14(7-10)18(3,15)16/h6,10H,4-5,7H2,1-3H3. The van der Waals surface area contributed by atoms with Crippen LogP contribution in [0.2, 0.25) is 0 Å². The van der Waals surface area contributed by atoms with E-state index in [4.69, 9.17) is 4.74 Å². The Kier molecular flexibility index (Phi) is 3.54. The van der Waals surface area contributed by atoms with Crippen molar-refractivity contribution in [3.8, 4) is 5.88 Å². The molecule has 1 unspecified atom stereocenters. The molecule has 2 heterocycles. The second-order valence-corrected chi connectivity index (χ2v) is 6.53. The fourth-order valence-corrected chi connectivity index (χ4v) is 2.88. The van der Waals surface area contributed by atoms with Crippen molar-refractivity contribution >= 4 is 10.0 Å². The Balaban J connectivity index is 2.03. The summed E-state index contributed by atoms with van der Waals surface area (Å²) in [6.45, 7) is 4.57. The molecule has 0 bridgehead atoms. The maximum absolute atomic E-state index is 11.4. The van der Waals surface area contributed by atoms with Crippen molar-refractivity contribution in [2.45, 2.75) is 26.4 Å². The van der Waals surface area contributed by atoms with Crippen LogP contribution >= 0.6 is 0 Å². The molecule has 1 aromatic heterocycles. The topological polar surface area (TPSA) is 72.4 Å². The van der Waals surface area contributed by atoms with E-state index in [1.807, 2.05) is 6.92 Å². The van der Waals surface area contributed by atoms with Gasteiger partial charge in [0.1, 0.15) is 11.9 Å². The number of sulfonamides is 1. The molecule has 2 rings (SSSR count). The van der Waals surface area contributed by atoms with Crippen molar-refractivity contribution in [1.82, 2.24) is 14.3 Å². The molecule has 7 heteroatoms. The molecule has 1 aliphatic heterocycles. The third kappa shape index (κ3) is 3.17. The number of rotatable bonds is 3. The van der Waals surface area contributed by atoms with Gasteiger partial charge in [0, 0.05) is 18.3 Å². The molecule has 1 aromatic rings. The quantitative estimate of drug-likeness (QED) is 0.800. The Morgan fingerprint density at radius 3 is 2.67 bits per heavy atom. The molecule has 0 aromatic carbocycles. The van der Waals surface area contributed by atoms with Crippen molar-refractivity contribution in [3.05, 3.63) is 17.6 Å². The maximum Gasteiger partial charge on any atom is 0.217 e. The van der Waals surface area contributed by atoms with Crippen LogP contribution in [0.1, 0.15) is 17.9 Å². The number of ether oxygens (including phenoxy) is 1. The van der Waals surface area contributed by atoms with Crippen LogP contribution < -0.4 is 4.74 Å². The van der Waals surface area contributed by atoms with Crippen LogP contribution in [0.4, 0.5) is 0 Å². The molecule has 18 heavy (non-hydrogen) atoms. The lowest BCUT2D eigenvalue weighted by atomic mass is 10.3. The highest BCUT2D eigenvalue weighted by molar-refractivity contribution is 7.88. The van der Waals surface area contributed by atoms with Gasteiger partial charge in [-0.3, -0.25) is 0 Å². The summed E-state index contributed by atoms with van der Waals surface area (Å²) in [5.41, 5.74) is 0.843. The minimum Gasteiger partial charge on any atom is -0.473 e. The van der Waals surface area contributed by atoms with Crippen LogP contribution in [0, 0.1) is 13.8 Å². The number of aryl methyl sites for hydroxylation is 2. The summed E-state index contributed by atoms with van der Waals surface area (Å²) in [4.78, 5) is 8.35.